The Morgan fingerprint density at radius 2 is 2.00 bits per heavy atom. The Labute approximate surface area is 120 Å². The summed E-state index contributed by atoms with van der Waals surface area (Å²) < 4.78 is 25.4. The molecule has 0 aromatic heterocycles. The van der Waals surface area contributed by atoms with Crippen molar-refractivity contribution in [3.8, 4) is 0 Å². The Hall–Kier alpha value is -1.40. The van der Waals surface area contributed by atoms with E-state index < -0.39 is 16.1 Å². The molecular weight excluding hydrogens is 276 g/mol. The minimum Gasteiger partial charge on any atom is -0.337 e. The largest absolute Gasteiger partial charge is 0.337 e. The second kappa shape index (κ2) is 5.93. The number of fused-ring (bicyclic) bond motifs is 1. The fourth-order valence-corrected chi connectivity index (χ4v) is 3.17. The fourth-order valence-electron chi connectivity index (χ4n) is 2.36. The molecule has 0 bridgehead atoms. The SMILES string of the molecule is CCS(=O)(=O)N[C@@H](C)C(=O)N1CCc2ccccc2C1. The lowest BCUT2D eigenvalue weighted by Gasteiger charge is -2.31. The van der Waals surface area contributed by atoms with E-state index in [2.05, 4.69) is 10.8 Å². The van der Waals surface area contributed by atoms with Gasteiger partial charge in [0.05, 0.1) is 11.8 Å². The average Bonchev–Trinajstić information content (AvgIpc) is 2.45. The standard InChI is InChI=1S/C14H20N2O3S/c1-3-20(18,19)15-11(2)14(17)16-9-8-12-6-4-5-7-13(12)10-16/h4-7,11,15H,3,8-10H2,1-2H3/t11-/m0/s1. The van der Waals surface area contributed by atoms with Gasteiger partial charge in [0.1, 0.15) is 0 Å². The molecule has 110 valence electrons. The van der Waals surface area contributed by atoms with Crippen LogP contribution in [0.1, 0.15) is 25.0 Å². The predicted molar refractivity (Wildman–Crippen MR) is 77.6 cm³/mol. The van der Waals surface area contributed by atoms with Gasteiger partial charge in [-0.25, -0.2) is 13.1 Å². The summed E-state index contributed by atoms with van der Waals surface area (Å²) in [5.41, 5.74) is 2.40. The van der Waals surface area contributed by atoms with Gasteiger partial charge in [0, 0.05) is 13.1 Å². The Bertz CT molecular complexity index is 598. The first-order chi connectivity index (χ1) is 9.43. The van der Waals surface area contributed by atoms with E-state index in [1.54, 1.807) is 18.7 Å². The number of carbonyl (C=O) groups is 1. The normalized spacial score (nSPS) is 16.6. The summed E-state index contributed by atoms with van der Waals surface area (Å²) in [7, 11) is -3.36. The van der Waals surface area contributed by atoms with Gasteiger partial charge in [0.25, 0.3) is 0 Å². The van der Waals surface area contributed by atoms with Crippen molar-refractivity contribution in [2.45, 2.75) is 32.9 Å². The molecule has 6 heteroatoms. The molecule has 1 atom stereocenters. The van der Waals surface area contributed by atoms with Crippen LogP contribution >= 0.6 is 0 Å². The Kier molecular flexibility index (Phi) is 4.45. The van der Waals surface area contributed by atoms with Gasteiger partial charge in [-0.1, -0.05) is 24.3 Å². The van der Waals surface area contributed by atoms with Crippen LogP contribution < -0.4 is 4.72 Å². The Morgan fingerprint density at radius 1 is 1.35 bits per heavy atom. The molecule has 0 saturated carbocycles. The van der Waals surface area contributed by atoms with Crippen LogP contribution in [0.2, 0.25) is 0 Å². The van der Waals surface area contributed by atoms with E-state index in [1.807, 2.05) is 18.2 Å². The lowest BCUT2D eigenvalue weighted by Crippen LogP contribution is -2.48. The third-order valence-corrected chi connectivity index (χ3v) is 5.02. The molecule has 20 heavy (non-hydrogen) atoms. The van der Waals surface area contributed by atoms with Gasteiger partial charge in [-0.15, -0.1) is 0 Å². The van der Waals surface area contributed by atoms with Gasteiger partial charge in [-0.05, 0) is 31.4 Å². The van der Waals surface area contributed by atoms with Gasteiger partial charge in [0.15, 0.2) is 0 Å². The maximum Gasteiger partial charge on any atom is 0.240 e. The predicted octanol–water partition coefficient (Wildman–Crippen LogP) is 0.899. The number of hydrogen-bond donors (Lipinski definition) is 1. The van der Waals surface area contributed by atoms with Crippen LogP contribution in [0.3, 0.4) is 0 Å². The minimum absolute atomic E-state index is 0.0204. The number of hydrogen-bond acceptors (Lipinski definition) is 3. The number of sulfonamides is 1. The molecule has 1 amide bonds. The third-order valence-electron chi connectivity index (χ3n) is 3.55. The second-order valence-corrected chi connectivity index (χ2v) is 7.06. The van der Waals surface area contributed by atoms with Gasteiger partial charge >= 0.3 is 0 Å². The van der Waals surface area contributed by atoms with Crippen LogP contribution in [0.25, 0.3) is 0 Å². The maximum absolute atomic E-state index is 12.3. The number of benzene rings is 1. The highest BCUT2D eigenvalue weighted by molar-refractivity contribution is 7.89. The van der Waals surface area contributed by atoms with Crippen LogP contribution in [0.15, 0.2) is 24.3 Å². The average molecular weight is 296 g/mol. The summed E-state index contributed by atoms with van der Waals surface area (Å²) in [4.78, 5) is 14.0. The molecule has 1 aromatic rings. The molecule has 5 nitrogen and oxygen atoms in total. The van der Waals surface area contributed by atoms with Crippen molar-refractivity contribution >= 4 is 15.9 Å². The summed E-state index contributed by atoms with van der Waals surface area (Å²) in [5.74, 6) is -0.190. The van der Waals surface area contributed by atoms with Crippen molar-refractivity contribution in [3.05, 3.63) is 35.4 Å². The smallest absolute Gasteiger partial charge is 0.240 e. The van der Waals surface area contributed by atoms with Gasteiger partial charge in [-0.3, -0.25) is 4.79 Å². The minimum atomic E-state index is -3.36. The van der Waals surface area contributed by atoms with Crippen molar-refractivity contribution in [2.24, 2.45) is 0 Å². The van der Waals surface area contributed by atoms with Crippen LogP contribution in [-0.4, -0.2) is 37.6 Å². The Morgan fingerprint density at radius 3 is 2.65 bits per heavy atom. The van der Waals surface area contributed by atoms with Crippen molar-refractivity contribution in [1.29, 1.82) is 0 Å². The number of nitrogens with zero attached hydrogens (tertiary/aromatic N) is 1. The molecule has 2 rings (SSSR count). The van der Waals surface area contributed by atoms with Crippen LogP contribution in [0.5, 0.6) is 0 Å². The molecule has 1 aliphatic rings. The molecule has 0 fully saturated rings. The molecule has 1 heterocycles. The van der Waals surface area contributed by atoms with E-state index >= 15 is 0 Å². The van der Waals surface area contributed by atoms with Crippen molar-refractivity contribution < 1.29 is 13.2 Å². The molecule has 0 radical (unpaired) electrons. The molecule has 1 aliphatic heterocycles. The van der Waals surface area contributed by atoms with Gasteiger partial charge in [-0.2, -0.15) is 0 Å². The fraction of sp³-hybridized carbons (Fsp3) is 0.500. The summed E-state index contributed by atoms with van der Waals surface area (Å²) in [6.07, 6.45) is 0.815. The molecule has 0 saturated heterocycles. The summed E-state index contributed by atoms with van der Waals surface area (Å²) in [6, 6.07) is 7.31. The third kappa shape index (κ3) is 3.37. The molecule has 0 unspecified atom stereocenters. The van der Waals surface area contributed by atoms with Crippen LogP contribution in [0.4, 0.5) is 0 Å². The first-order valence-electron chi connectivity index (χ1n) is 6.78. The first-order valence-corrected chi connectivity index (χ1v) is 8.43. The summed E-state index contributed by atoms with van der Waals surface area (Å²) in [6.45, 7) is 4.33. The molecular formula is C14H20N2O3S. The number of carbonyl (C=O) groups excluding carboxylic acids is 1. The molecule has 0 aliphatic carbocycles. The van der Waals surface area contributed by atoms with Gasteiger partial charge < -0.3 is 4.90 Å². The van der Waals surface area contributed by atoms with Crippen LogP contribution in [0, 0.1) is 0 Å². The number of nitrogens with one attached hydrogen (secondary N) is 1. The van der Waals surface area contributed by atoms with E-state index in [1.165, 1.54) is 5.56 Å². The van der Waals surface area contributed by atoms with Gasteiger partial charge in [0.2, 0.25) is 15.9 Å². The second-order valence-electron chi connectivity index (χ2n) is 5.02. The zero-order valence-electron chi connectivity index (χ0n) is 11.8. The highest BCUT2D eigenvalue weighted by atomic mass is 32.2. The Balaban J connectivity index is 2.05. The summed E-state index contributed by atoms with van der Waals surface area (Å²) >= 11 is 0. The van der Waals surface area contributed by atoms with E-state index in [0.29, 0.717) is 13.1 Å². The topological polar surface area (TPSA) is 66.5 Å². The van der Waals surface area contributed by atoms with Crippen molar-refractivity contribution in [3.63, 3.8) is 0 Å². The summed E-state index contributed by atoms with van der Waals surface area (Å²) in [5, 5.41) is 0. The lowest BCUT2D eigenvalue weighted by molar-refractivity contribution is -0.133. The zero-order chi connectivity index (χ0) is 14.8. The van der Waals surface area contributed by atoms with Crippen LogP contribution in [-0.2, 0) is 27.8 Å². The lowest BCUT2D eigenvalue weighted by atomic mass is 9.99. The number of rotatable bonds is 4. The van der Waals surface area contributed by atoms with E-state index in [0.717, 1.165) is 12.0 Å². The van der Waals surface area contributed by atoms with E-state index in [9.17, 15) is 13.2 Å². The monoisotopic (exact) mass is 296 g/mol. The zero-order valence-corrected chi connectivity index (χ0v) is 12.6. The van der Waals surface area contributed by atoms with Crippen molar-refractivity contribution in [2.75, 3.05) is 12.3 Å². The highest BCUT2D eigenvalue weighted by Crippen LogP contribution is 2.19. The van der Waals surface area contributed by atoms with Crippen molar-refractivity contribution in [1.82, 2.24) is 9.62 Å². The first kappa shape index (κ1) is 15.0. The molecule has 1 N–H and O–H groups in total. The van der Waals surface area contributed by atoms with E-state index in [4.69, 9.17) is 0 Å². The highest BCUT2D eigenvalue weighted by Gasteiger charge is 2.26. The van der Waals surface area contributed by atoms with E-state index in [-0.39, 0.29) is 11.7 Å². The number of amides is 1. The maximum atomic E-state index is 12.3. The quantitative estimate of drug-likeness (QED) is 0.897. The molecule has 0 spiro atoms. The molecule has 1 aromatic carbocycles.